The van der Waals surface area contributed by atoms with Gasteiger partial charge in [0.1, 0.15) is 0 Å². The molecule has 24 heavy (non-hydrogen) atoms. The average molecular weight is 327 g/mol. The fourth-order valence-electron chi connectivity index (χ4n) is 2.65. The SMILES string of the molecule is CCOC(=O)[C@@H](C[C@@H](N)Cc1ccc(-c2ccccc2)cc1)OC. The van der Waals surface area contributed by atoms with Gasteiger partial charge < -0.3 is 15.2 Å². The van der Waals surface area contributed by atoms with Crippen LogP contribution in [0.25, 0.3) is 11.1 Å². The first-order chi connectivity index (χ1) is 11.6. The second kappa shape index (κ2) is 9.21. The Kier molecular flexibility index (Phi) is 6.97. The van der Waals surface area contributed by atoms with Crippen molar-refractivity contribution in [1.29, 1.82) is 0 Å². The maximum atomic E-state index is 11.8. The second-order valence-electron chi connectivity index (χ2n) is 5.74. The predicted octanol–water partition coefficient (Wildman–Crippen LogP) is 3.19. The first-order valence-corrected chi connectivity index (χ1v) is 8.23. The molecular weight excluding hydrogens is 302 g/mol. The molecule has 128 valence electrons. The summed E-state index contributed by atoms with van der Waals surface area (Å²) >= 11 is 0. The summed E-state index contributed by atoms with van der Waals surface area (Å²) < 4.78 is 10.2. The van der Waals surface area contributed by atoms with Crippen LogP contribution in [0.4, 0.5) is 0 Å². The van der Waals surface area contributed by atoms with E-state index in [1.165, 1.54) is 18.2 Å². The highest BCUT2D eigenvalue weighted by Crippen LogP contribution is 2.20. The van der Waals surface area contributed by atoms with Gasteiger partial charge in [-0.2, -0.15) is 0 Å². The van der Waals surface area contributed by atoms with E-state index in [0.717, 1.165) is 5.56 Å². The molecule has 0 spiro atoms. The molecule has 0 amide bonds. The molecule has 0 saturated carbocycles. The molecular formula is C20H25NO3. The van der Waals surface area contributed by atoms with Gasteiger partial charge in [-0.3, -0.25) is 0 Å². The maximum absolute atomic E-state index is 11.8. The fraction of sp³-hybridized carbons (Fsp3) is 0.350. The van der Waals surface area contributed by atoms with Crippen molar-refractivity contribution in [2.75, 3.05) is 13.7 Å². The zero-order chi connectivity index (χ0) is 17.4. The molecule has 2 rings (SSSR count). The van der Waals surface area contributed by atoms with E-state index in [0.29, 0.717) is 19.4 Å². The Morgan fingerprint density at radius 1 is 1.04 bits per heavy atom. The van der Waals surface area contributed by atoms with Crippen molar-refractivity contribution in [2.24, 2.45) is 5.73 Å². The minimum absolute atomic E-state index is 0.165. The second-order valence-corrected chi connectivity index (χ2v) is 5.74. The first kappa shape index (κ1) is 18.2. The Hall–Kier alpha value is -2.17. The van der Waals surface area contributed by atoms with E-state index >= 15 is 0 Å². The van der Waals surface area contributed by atoms with Crippen LogP contribution < -0.4 is 5.73 Å². The molecule has 0 bridgehead atoms. The van der Waals surface area contributed by atoms with E-state index in [-0.39, 0.29) is 12.0 Å². The lowest BCUT2D eigenvalue weighted by Crippen LogP contribution is -2.34. The van der Waals surface area contributed by atoms with Gasteiger partial charge in [0.15, 0.2) is 6.10 Å². The minimum atomic E-state index is -0.608. The van der Waals surface area contributed by atoms with Crippen molar-refractivity contribution in [3.05, 3.63) is 60.2 Å². The fourth-order valence-corrected chi connectivity index (χ4v) is 2.65. The summed E-state index contributed by atoms with van der Waals surface area (Å²) in [6.07, 6.45) is 0.521. The molecule has 4 nitrogen and oxygen atoms in total. The van der Waals surface area contributed by atoms with Gasteiger partial charge in [0, 0.05) is 13.2 Å². The summed E-state index contributed by atoms with van der Waals surface area (Å²) in [6, 6.07) is 18.4. The molecule has 0 aliphatic heterocycles. The first-order valence-electron chi connectivity index (χ1n) is 8.23. The molecule has 0 saturated heterocycles. The number of esters is 1. The van der Waals surface area contributed by atoms with Gasteiger partial charge in [-0.1, -0.05) is 54.6 Å². The molecule has 2 N–H and O–H groups in total. The zero-order valence-corrected chi connectivity index (χ0v) is 14.3. The number of carbonyl (C=O) groups is 1. The largest absolute Gasteiger partial charge is 0.464 e. The average Bonchev–Trinajstić information content (AvgIpc) is 2.61. The van der Waals surface area contributed by atoms with Crippen LogP contribution in [0.5, 0.6) is 0 Å². The van der Waals surface area contributed by atoms with Gasteiger partial charge in [0.2, 0.25) is 0 Å². The molecule has 0 aromatic heterocycles. The molecule has 0 heterocycles. The lowest BCUT2D eigenvalue weighted by molar-refractivity contribution is -0.155. The molecule has 2 atom stereocenters. The van der Waals surface area contributed by atoms with Crippen molar-refractivity contribution in [1.82, 2.24) is 0 Å². The Bertz CT molecular complexity index is 625. The molecule has 2 aromatic carbocycles. The van der Waals surface area contributed by atoms with Crippen LogP contribution in [0.1, 0.15) is 18.9 Å². The third kappa shape index (κ3) is 5.18. The number of hydrogen-bond acceptors (Lipinski definition) is 4. The van der Waals surface area contributed by atoms with Crippen LogP contribution in [0.2, 0.25) is 0 Å². The number of nitrogens with two attached hydrogens (primary N) is 1. The van der Waals surface area contributed by atoms with Crippen LogP contribution in [-0.2, 0) is 20.7 Å². The standard InChI is InChI=1S/C20H25NO3/c1-3-24-20(22)19(23-2)14-18(21)13-15-9-11-17(12-10-15)16-7-5-4-6-8-16/h4-12,18-19H,3,13-14,21H2,1-2H3/t18-,19+/m0/s1. The van der Waals surface area contributed by atoms with Gasteiger partial charge in [-0.05, 0) is 36.5 Å². The van der Waals surface area contributed by atoms with E-state index in [4.69, 9.17) is 15.2 Å². The van der Waals surface area contributed by atoms with Crippen LogP contribution >= 0.6 is 0 Å². The van der Waals surface area contributed by atoms with E-state index in [2.05, 4.69) is 36.4 Å². The summed E-state index contributed by atoms with van der Waals surface area (Å²) in [7, 11) is 1.50. The van der Waals surface area contributed by atoms with Crippen molar-refractivity contribution in [2.45, 2.75) is 31.9 Å². The van der Waals surface area contributed by atoms with Gasteiger partial charge in [0.05, 0.1) is 6.61 Å². The van der Waals surface area contributed by atoms with E-state index < -0.39 is 6.10 Å². The Morgan fingerprint density at radius 2 is 1.67 bits per heavy atom. The number of methoxy groups -OCH3 is 1. The number of ether oxygens (including phenoxy) is 2. The Morgan fingerprint density at radius 3 is 2.25 bits per heavy atom. The zero-order valence-electron chi connectivity index (χ0n) is 14.3. The van der Waals surface area contributed by atoms with Gasteiger partial charge in [-0.25, -0.2) is 4.79 Å². The van der Waals surface area contributed by atoms with Gasteiger partial charge in [-0.15, -0.1) is 0 Å². The van der Waals surface area contributed by atoms with Crippen molar-refractivity contribution in [3.63, 3.8) is 0 Å². The number of benzene rings is 2. The van der Waals surface area contributed by atoms with Crippen LogP contribution in [0.15, 0.2) is 54.6 Å². The lowest BCUT2D eigenvalue weighted by atomic mass is 9.98. The van der Waals surface area contributed by atoms with Crippen LogP contribution in [-0.4, -0.2) is 31.8 Å². The highest BCUT2D eigenvalue weighted by atomic mass is 16.6. The maximum Gasteiger partial charge on any atom is 0.335 e. The number of hydrogen-bond donors (Lipinski definition) is 1. The molecule has 4 heteroatoms. The summed E-state index contributed by atoms with van der Waals surface area (Å²) in [5, 5.41) is 0. The van der Waals surface area contributed by atoms with Crippen molar-refractivity contribution < 1.29 is 14.3 Å². The van der Waals surface area contributed by atoms with Crippen molar-refractivity contribution in [3.8, 4) is 11.1 Å². The summed E-state index contributed by atoms with van der Waals surface area (Å²) in [6.45, 7) is 2.12. The molecule has 0 aliphatic rings. The molecule has 0 unspecified atom stereocenters. The summed E-state index contributed by atoms with van der Waals surface area (Å²) in [5.41, 5.74) is 9.68. The van der Waals surface area contributed by atoms with Gasteiger partial charge >= 0.3 is 5.97 Å². The number of carbonyl (C=O) groups excluding carboxylic acids is 1. The summed E-state index contributed by atoms with van der Waals surface area (Å²) in [4.78, 5) is 11.8. The molecule has 2 aromatic rings. The van der Waals surface area contributed by atoms with Crippen LogP contribution in [0, 0.1) is 0 Å². The molecule has 0 radical (unpaired) electrons. The normalized spacial score (nSPS) is 13.3. The Balaban J connectivity index is 1.94. The summed E-state index contributed by atoms with van der Waals surface area (Å²) in [5.74, 6) is -0.352. The monoisotopic (exact) mass is 327 g/mol. The van der Waals surface area contributed by atoms with E-state index in [1.807, 2.05) is 18.2 Å². The topological polar surface area (TPSA) is 61.5 Å². The van der Waals surface area contributed by atoms with Crippen molar-refractivity contribution >= 4 is 5.97 Å². The van der Waals surface area contributed by atoms with E-state index in [1.54, 1.807) is 6.92 Å². The third-order valence-electron chi connectivity index (χ3n) is 3.91. The third-order valence-corrected chi connectivity index (χ3v) is 3.91. The number of rotatable bonds is 8. The lowest BCUT2D eigenvalue weighted by Gasteiger charge is -2.18. The predicted molar refractivity (Wildman–Crippen MR) is 95.6 cm³/mol. The smallest absolute Gasteiger partial charge is 0.335 e. The quantitative estimate of drug-likeness (QED) is 0.756. The van der Waals surface area contributed by atoms with E-state index in [9.17, 15) is 4.79 Å². The Labute approximate surface area is 143 Å². The minimum Gasteiger partial charge on any atom is -0.464 e. The highest BCUT2D eigenvalue weighted by molar-refractivity contribution is 5.74. The highest BCUT2D eigenvalue weighted by Gasteiger charge is 2.22. The molecule has 0 fully saturated rings. The molecule has 0 aliphatic carbocycles. The van der Waals surface area contributed by atoms with Crippen LogP contribution in [0.3, 0.4) is 0 Å². The van der Waals surface area contributed by atoms with Gasteiger partial charge in [0.25, 0.3) is 0 Å².